The van der Waals surface area contributed by atoms with Gasteiger partial charge >= 0.3 is 11.9 Å². The van der Waals surface area contributed by atoms with Crippen LogP contribution in [0, 0.1) is 0 Å². The van der Waals surface area contributed by atoms with Gasteiger partial charge < -0.3 is 14.6 Å². The second-order valence-corrected chi connectivity index (χ2v) is 7.20. The Bertz CT molecular complexity index is 744. The van der Waals surface area contributed by atoms with Crippen molar-refractivity contribution in [2.45, 2.75) is 30.2 Å². The topological polar surface area (TPSA) is 110 Å². The highest BCUT2D eigenvalue weighted by Gasteiger charge is 2.40. The van der Waals surface area contributed by atoms with Crippen LogP contribution >= 0.6 is 0 Å². The van der Waals surface area contributed by atoms with Crippen LogP contribution in [0.25, 0.3) is 0 Å². The number of nitrogens with zero attached hydrogens (tertiary/aromatic N) is 1. The van der Waals surface area contributed by atoms with Crippen molar-refractivity contribution in [3.05, 3.63) is 23.8 Å². The average Bonchev–Trinajstić information content (AvgIpc) is 3.05. The molecule has 0 aromatic heterocycles. The summed E-state index contributed by atoms with van der Waals surface area (Å²) in [5.41, 5.74) is 0.206. The highest BCUT2D eigenvalue weighted by molar-refractivity contribution is 7.89. The normalized spacial score (nSPS) is 18.3. The number of carbonyl (C=O) groups is 2. The molecule has 1 unspecified atom stereocenters. The zero-order chi connectivity index (χ0) is 17.9. The molecule has 0 spiro atoms. The Morgan fingerprint density at radius 3 is 2.62 bits per heavy atom. The van der Waals surface area contributed by atoms with Crippen molar-refractivity contribution in [3.8, 4) is 5.75 Å². The molecule has 1 N–H and O–H groups in total. The maximum atomic E-state index is 12.9. The summed E-state index contributed by atoms with van der Waals surface area (Å²) in [5.74, 6) is -1.39. The van der Waals surface area contributed by atoms with Crippen LogP contribution in [0.5, 0.6) is 5.75 Å². The van der Waals surface area contributed by atoms with Crippen molar-refractivity contribution < 1.29 is 32.6 Å². The van der Waals surface area contributed by atoms with Gasteiger partial charge in [-0.15, -0.1) is 0 Å². The third kappa shape index (κ3) is 3.51. The molecule has 1 saturated heterocycles. The van der Waals surface area contributed by atoms with E-state index in [-0.39, 0.29) is 29.8 Å². The molecule has 1 aliphatic heterocycles. The first-order valence-corrected chi connectivity index (χ1v) is 8.73. The van der Waals surface area contributed by atoms with E-state index in [1.54, 1.807) is 0 Å². The van der Waals surface area contributed by atoms with Gasteiger partial charge in [0.15, 0.2) is 0 Å². The van der Waals surface area contributed by atoms with Gasteiger partial charge in [-0.1, -0.05) is 0 Å². The number of sulfonamides is 1. The molecule has 24 heavy (non-hydrogen) atoms. The number of methoxy groups -OCH3 is 2. The predicted molar refractivity (Wildman–Crippen MR) is 83.3 cm³/mol. The minimum Gasteiger partial charge on any atom is -0.497 e. The van der Waals surface area contributed by atoms with E-state index in [2.05, 4.69) is 4.74 Å². The fraction of sp³-hybridized carbons (Fsp3) is 0.467. The van der Waals surface area contributed by atoms with Crippen molar-refractivity contribution in [2.75, 3.05) is 20.8 Å². The summed E-state index contributed by atoms with van der Waals surface area (Å²) in [6.45, 7) is 0.128. The Morgan fingerprint density at radius 1 is 1.33 bits per heavy atom. The zero-order valence-corrected chi connectivity index (χ0v) is 14.2. The lowest BCUT2D eigenvalue weighted by atomic mass is 10.1. The fourth-order valence-corrected chi connectivity index (χ4v) is 4.56. The van der Waals surface area contributed by atoms with E-state index in [9.17, 15) is 23.1 Å². The summed E-state index contributed by atoms with van der Waals surface area (Å²) in [6.07, 6.45) is 0.476. The monoisotopic (exact) mass is 357 g/mol. The number of carbonyl (C=O) groups excluding carboxylic acids is 1. The predicted octanol–water partition coefficient (Wildman–Crippen LogP) is 0.648. The Labute approximate surface area is 140 Å². The zero-order valence-electron chi connectivity index (χ0n) is 13.4. The number of ether oxygens (including phenoxy) is 2. The number of esters is 1. The second kappa shape index (κ2) is 7.18. The molecule has 1 heterocycles. The molecular formula is C15H19NO7S. The molecule has 0 radical (unpaired) electrons. The van der Waals surface area contributed by atoms with Crippen LogP contribution in [-0.2, 0) is 30.8 Å². The highest BCUT2D eigenvalue weighted by Crippen LogP contribution is 2.30. The van der Waals surface area contributed by atoms with E-state index in [0.29, 0.717) is 12.2 Å². The van der Waals surface area contributed by atoms with Gasteiger partial charge in [0, 0.05) is 6.54 Å². The van der Waals surface area contributed by atoms with E-state index in [4.69, 9.17) is 4.74 Å². The maximum absolute atomic E-state index is 12.9. The molecule has 1 aromatic carbocycles. The molecule has 1 atom stereocenters. The standard InChI is InChI=1S/C15H19NO7S/c1-22-11-5-6-13(10(8-11)9-14(17)23-2)24(20,21)16-7-3-4-12(16)15(18)19/h5-6,8,12H,3-4,7,9H2,1-2H3,(H,18,19). The minimum absolute atomic E-state index is 0.109. The van der Waals surface area contributed by atoms with Gasteiger partial charge in [0.25, 0.3) is 0 Å². The molecule has 9 heteroatoms. The number of benzene rings is 1. The van der Waals surface area contributed by atoms with Crippen LogP contribution in [0.4, 0.5) is 0 Å². The number of carboxylic acid groups (broad SMARTS) is 1. The van der Waals surface area contributed by atoms with Gasteiger partial charge in [-0.3, -0.25) is 9.59 Å². The lowest BCUT2D eigenvalue weighted by Gasteiger charge is -2.22. The van der Waals surface area contributed by atoms with Crippen LogP contribution in [0.2, 0.25) is 0 Å². The van der Waals surface area contributed by atoms with Crippen molar-refractivity contribution in [1.29, 1.82) is 0 Å². The lowest BCUT2D eigenvalue weighted by Crippen LogP contribution is -2.40. The van der Waals surface area contributed by atoms with Crippen LogP contribution in [-0.4, -0.2) is 56.6 Å². The summed E-state index contributed by atoms with van der Waals surface area (Å²) in [7, 11) is -1.42. The van der Waals surface area contributed by atoms with Gasteiger partial charge in [-0.05, 0) is 36.6 Å². The van der Waals surface area contributed by atoms with Crippen LogP contribution < -0.4 is 4.74 Å². The average molecular weight is 357 g/mol. The van der Waals surface area contributed by atoms with E-state index in [1.807, 2.05) is 0 Å². The number of rotatable bonds is 6. The van der Waals surface area contributed by atoms with Crippen molar-refractivity contribution >= 4 is 22.0 Å². The Kier molecular flexibility index (Phi) is 5.45. The van der Waals surface area contributed by atoms with Crippen LogP contribution in [0.3, 0.4) is 0 Å². The molecule has 1 aromatic rings. The molecule has 0 bridgehead atoms. The minimum atomic E-state index is -4.05. The number of hydrogen-bond acceptors (Lipinski definition) is 6. The van der Waals surface area contributed by atoms with E-state index >= 15 is 0 Å². The highest BCUT2D eigenvalue weighted by atomic mass is 32.2. The number of hydrogen-bond donors (Lipinski definition) is 1. The van der Waals surface area contributed by atoms with E-state index < -0.39 is 28.0 Å². The third-order valence-electron chi connectivity index (χ3n) is 3.91. The third-order valence-corrected chi connectivity index (χ3v) is 5.91. The van der Waals surface area contributed by atoms with Crippen molar-refractivity contribution in [1.82, 2.24) is 4.31 Å². The number of carboxylic acids is 1. The summed E-state index contributed by atoms with van der Waals surface area (Å²) >= 11 is 0. The summed E-state index contributed by atoms with van der Waals surface area (Å²) in [4.78, 5) is 22.8. The van der Waals surface area contributed by atoms with Gasteiger partial charge in [-0.2, -0.15) is 4.31 Å². The van der Waals surface area contributed by atoms with E-state index in [1.165, 1.54) is 32.4 Å². The largest absolute Gasteiger partial charge is 0.497 e. The molecule has 0 aliphatic carbocycles. The first-order valence-electron chi connectivity index (χ1n) is 7.29. The molecule has 0 saturated carbocycles. The maximum Gasteiger partial charge on any atom is 0.322 e. The molecule has 2 rings (SSSR count). The Balaban J connectivity index is 2.49. The van der Waals surface area contributed by atoms with Gasteiger partial charge in [0.2, 0.25) is 10.0 Å². The Hall–Kier alpha value is -2.13. The Morgan fingerprint density at radius 2 is 2.04 bits per heavy atom. The van der Waals surface area contributed by atoms with E-state index in [0.717, 1.165) is 4.31 Å². The first-order chi connectivity index (χ1) is 11.3. The SMILES string of the molecule is COC(=O)Cc1cc(OC)ccc1S(=O)(=O)N1CCCC1C(=O)O. The van der Waals surface area contributed by atoms with Gasteiger partial charge in [-0.25, -0.2) is 8.42 Å². The molecule has 8 nitrogen and oxygen atoms in total. The summed E-state index contributed by atoms with van der Waals surface area (Å²) in [5, 5.41) is 9.23. The second-order valence-electron chi connectivity index (χ2n) is 5.34. The quantitative estimate of drug-likeness (QED) is 0.744. The smallest absolute Gasteiger partial charge is 0.322 e. The molecular weight excluding hydrogens is 338 g/mol. The molecule has 132 valence electrons. The molecule has 1 aliphatic rings. The first kappa shape index (κ1) is 18.2. The molecule has 0 amide bonds. The number of aliphatic carboxylic acids is 1. The lowest BCUT2D eigenvalue weighted by molar-refractivity contribution is -0.141. The summed E-state index contributed by atoms with van der Waals surface area (Å²) < 4.78 is 36.5. The van der Waals surface area contributed by atoms with Crippen molar-refractivity contribution in [2.24, 2.45) is 0 Å². The van der Waals surface area contributed by atoms with Gasteiger partial charge in [0.05, 0.1) is 25.5 Å². The summed E-state index contributed by atoms with van der Waals surface area (Å²) in [6, 6.07) is 3.13. The van der Waals surface area contributed by atoms with Crippen LogP contribution in [0.15, 0.2) is 23.1 Å². The molecule has 1 fully saturated rings. The van der Waals surface area contributed by atoms with Crippen molar-refractivity contribution in [3.63, 3.8) is 0 Å². The van der Waals surface area contributed by atoms with Gasteiger partial charge in [0.1, 0.15) is 11.8 Å². The fourth-order valence-electron chi connectivity index (χ4n) is 2.70. The van der Waals surface area contributed by atoms with Crippen LogP contribution in [0.1, 0.15) is 18.4 Å².